The molecule has 4 aliphatic rings. The van der Waals surface area contributed by atoms with Gasteiger partial charge in [-0.05, 0) is 75.8 Å². The van der Waals surface area contributed by atoms with Gasteiger partial charge < -0.3 is 10.4 Å². The second-order valence-corrected chi connectivity index (χ2v) is 15.2. The monoisotopic (exact) mass is 624 g/mol. The van der Waals surface area contributed by atoms with Gasteiger partial charge in [0.15, 0.2) is 0 Å². The molecule has 2 aromatic rings. The van der Waals surface area contributed by atoms with Gasteiger partial charge in [-0.25, -0.2) is 21.6 Å². The normalized spacial score (nSPS) is 32.5. The summed E-state index contributed by atoms with van der Waals surface area (Å²) < 4.78 is 72.0. The second-order valence-electron chi connectivity index (χ2n) is 12.9. The number of hydrogen-bond acceptors (Lipinski definition) is 6. The molecule has 7 nitrogen and oxygen atoms in total. The van der Waals surface area contributed by atoms with Crippen LogP contribution in [0.4, 0.5) is 13.2 Å². The molecule has 0 amide bonds. The van der Waals surface area contributed by atoms with E-state index in [1.54, 1.807) is 43.3 Å². The van der Waals surface area contributed by atoms with Gasteiger partial charge in [0.1, 0.15) is 23.9 Å². The third kappa shape index (κ3) is 4.85. The number of likely N-dealkylation sites (tertiary alicyclic amines) is 1. The number of amidine groups is 1. The van der Waals surface area contributed by atoms with Crippen molar-refractivity contribution in [2.75, 3.05) is 6.54 Å². The van der Waals surface area contributed by atoms with Crippen LogP contribution in [-0.2, 0) is 16.6 Å². The first-order valence-electron chi connectivity index (χ1n) is 14.3. The molecule has 12 heteroatoms. The van der Waals surface area contributed by atoms with Crippen molar-refractivity contribution in [1.82, 2.24) is 14.5 Å². The van der Waals surface area contributed by atoms with Gasteiger partial charge in [0.05, 0.1) is 22.0 Å². The maximum absolute atomic E-state index is 14.3. The number of alkyl halides is 2. The van der Waals surface area contributed by atoms with E-state index in [2.05, 4.69) is 5.32 Å². The minimum Gasteiger partial charge on any atom is -0.376 e. The van der Waals surface area contributed by atoms with E-state index in [4.69, 9.17) is 16.6 Å². The van der Waals surface area contributed by atoms with Crippen LogP contribution in [0.15, 0.2) is 58.4 Å². The molecule has 6 rings (SSSR count). The number of nitrogens with one attached hydrogen (secondary N) is 1. The zero-order chi connectivity index (χ0) is 30.2. The Hall–Kier alpha value is -2.18. The molecule has 2 aliphatic carbocycles. The van der Waals surface area contributed by atoms with Crippen molar-refractivity contribution in [3.05, 3.63) is 64.9 Å². The number of aliphatic hydroxyl groups is 1. The molecule has 228 valence electrons. The average Bonchev–Trinajstić information content (AvgIpc) is 3.39. The van der Waals surface area contributed by atoms with Crippen molar-refractivity contribution in [3.8, 4) is 0 Å². The summed E-state index contributed by atoms with van der Waals surface area (Å²) in [5.74, 6) is -2.81. The molecule has 0 aromatic heterocycles. The number of benzene rings is 2. The van der Waals surface area contributed by atoms with E-state index < -0.39 is 57.6 Å². The Labute approximate surface area is 249 Å². The van der Waals surface area contributed by atoms with Crippen LogP contribution >= 0.6 is 11.6 Å². The number of rotatable bonds is 8. The molecule has 2 saturated carbocycles. The van der Waals surface area contributed by atoms with Gasteiger partial charge in [0.25, 0.3) is 5.92 Å². The van der Waals surface area contributed by atoms with Gasteiger partial charge in [0, 0.05) is 30.5 Å². The third-order valence-electron chi connectivity index (χ3n) is 9.81. The molecular weight excluding hydrogens is 589 g/mol. The van der Waals surface area contributed by atoms with Crippen molar-refractivity contribution >= 4 is 27.5 Å². The fraction of sp³-hybridized carbons (Fsp3) is 0.567. The van der Waals surface area contributed by atoms with E-state index in [0.29, 0.717) is 17.8 Å². The van der Waals surface area contributed by atoms with Crippen molar-refractivity contribution in [2.45, 2.75) is 93.7 Å². The van der Waals surface area contributed by atoms with E-state index in [-0.39, 0.29) is 34.8 Å². The number of hydrogen-bond donors (Lipinski definition) is 2. The van der Waals surface area contributed by atoms with Crippen LogP contribution in [0, 0.1) is 17.2 Å². The van der Waals surface area contributed by atoms with Crippen LogP contribution in [0.3, 0.4) is 0 Å². The molecule has 0 bridgehead atoms. The second kappa shape index (κ2) is 10.2. The van der Waals surface area contributed by atoms with Crippen molar-refractivity contribution in [3.63, 3.8) is 0 Å². The summed E-state index contributed by atoms with van der Waals surface area (Å²) in [6.07, 6.45) is 0.589. The lowest BCUT2D eigenvalue weighted by Crippen LogP contribution is -2.70. The highest BCUT2D eigenvalue weighted by Crippen LogP contribution is 2.64. The highest BCUT2D eigenvalue weighted by molar-refractivity contribution is 7.89. The van der Waals surface area contributed by atoms with E-state index >= 15 is 0 Å². The number of fused-ring (bicyclic) bond motifs is 1. The number of aliphatic imine (C=N–C) groups is 1. The van der Waals surface area contributed by atoms with Gasteiger partial charge in [-0.2, -0.15) is 4.31 Å². The smallest absolute Gasteiger partial charge is 0.262 e. The lowest BCUT2D eigenvalue weighted by atomic mass is 9.44. The fourth-order valence-corrected chi connectivity index (χ4v) is 9.21. The summed E-state index contributed by atoms with van der Waals surface area (Å²) in [4.78, 5) is 6.51. The number of halogens is 4. The van der Waals surface area contributed by atoms with Crippen molar-refractivity contribution in [1.29, 1.82) is 0 Å². The Morgan fingerprint density at radius 1 is 1.19 bits per heavy atom. The fourth-order valence-electron chi connectivity index (χ4n) is 7.42. The summed E-state index contributed by atoms with van der Waals surface area (Å²) in [5.41, 5.74) is -0.597. The van der Waals surface area contributed by atoms with Crippen LogP contribution < -0.4 is 5.32 Å². The predicted molar refractivity (Wildman–Crippen MR) is 154 cm³/mol. The summed E-state index contributed by atoms with van der Waals surface area (Å²) in [6.45, 7) is 4.96. The Kier molecular flexibility index (Phi) is 7.25. The molecule has 2 aliphatic heterocycles. The first kappa shape index (κ1) is 29.9. The first-order chi connectivity index (χ1) is 19.6. The van der Waals surface area contributed by atoms with Gasteiger partial charge in [0.2, 0.25) is 10.0 Å². The lowest BCUT2D eigenvalue weighted by Gasteiger charge is -2.65. The zero-order valence-corrected chi connectivity index (χ0v) is 25.3. The molecule has 2 N–H and O–H groups in total. The molecule has 0 spiro atoms. The topological polar surface area (TPSA) is 85.2 Å². The average molecular weight is 625 g/mol. The minimum atomic E-state index is -3.93. The largest absolute Gasteiger partial charge is 0.376 e. The van der Waals surface area contributed by atoms with Gasteiger partial charge in [-0.3, -0.25) is 9.89 Å². The predicted octanol–water partition coefficient (Wildman–Crippen LogP) is 5.04. The molecular formula is C30H36ClF3N4O3S. The molecule has 42 heavy (non-hydrogen) atoms. The molecule has 2 heterocycles. The maximum Gasteiger partial charge on any atom is 0.262 e. The SMILES string of the molecule is C[C@@H]1CC(F)(F)CN1C(O)[C@@H]1N=C(C23CCC2C(N(Cc2ccc(Cl)c(F)c2)S(=O)(=O)c2ccccc2)C3)NC1(C)C. The highest BCUT2D eigenvalue weighted by Gasteiger charge is 2.67. The van der Waals surface area contributed by atoms with Crippen LogP contribution in [0.25, 0.3) is 0 Å². The molecule has 3 fully saturated rings. The van der Waals surface area contributed by atoms with Crippen LogP contribution in [0.2, 0.25) is 5.02 Å². The summed E-state index contributed by atoms with van der Waals surface area (Å²) in [5, 5.41) is 14.7. The van der Waals surface area contributed by atoms with E-state index in [9.17, 15) is 26.7 Å². The Morgan fingerprint density at radius 2 is 1.90 bits per heavy atom. The highest BCUT2D eigenvalue weighted by atomic mass is 35.5. The summed E-state index contributed by atoms with van der Waals surface area (Å²) >= 11 is 5.88. The minimum absolute atomic E-state index is 0.0175. The quantitative estimate of drug-likeness (QED) is 0.430. The molecule has 2 aromatic carbocycles. The Morgan fingerprint density at radius 3 is 2.48 bits per heavy atom. The standard InChI is InChI=1S/C30H36ClF3N4O3S/c1-18-14-30(33,34)17-37(18)26(39)25-28(2,3)36-27(35-25)29-12-11-21(29)24(15-29)38(16-19-9-10-22(31)23(32)13-19)42(40,41)20-7-5-4-6-8-20/h4-10,13,18,21,24-26,39H,11-12,14-17H2,1-3H3,(H,35,36)/t18-,21?,24?,25+,26?,29?/m1/s1. The van der Waals surface area contributed by atoms with Gasteiger partial charge in [-0.15, -0.1) is 0 Å². The molecule has 4 unspecified atom stereocenters. The number of aliphatic hydroxyl groups excluding tert-OH is 1. The number of sulfonamides is 1. The van der Waals surface area contributed by atoms with Crippen molar-refractivity contribution < 1.29 is 26.7 Å². The maximum atomic E-state index is 14.3. The van der Waals surface area contributed by atoms with Gasteiger partial charge >= 0.3 is 0 Å². The summed E-state index contributed by atoms with van der Waals surface area (Å²) in [6, 6.07) is 11.0. The van der Waals surface area contributed by atoms with Crippen LogP contribution in [0.1, 0.15) is 52.0 Å². The molecule has 0 radical (unpaired) electrons. The number of nitrogens with zero attached hydrogens (tertiary/aromatic N) is 3. The Balaban J connectivity index is 1.28. The van der Waals surface area contributed by atoms with Crippen LogP contribution in [0.5, 0.6) is 0 Å². The molecule has 1 saturated heterocycles. The summed E-state index contributed by atoms with van der Waals surface area (Å²) in [7, 11) is -3.93. The Bertz CT molecular complexity index is 1510. The zero-order valence-electron chi connectivity index (χ0n) is 23.8. The third-order valence-corrected chi connectivity index (χ3v) is 12.0. The van der Waals surface area contributed by atoms with E-state index in [1.807, 2.05) is 13.8 Å². The van der Waals surface area contributed by atoms with Crippen LogP contribution in [-0.4, -0.2) is 70.9 Å². The van der Waals surface area contributed by atoms with Gasteiger partial charge in [-0.1, -0.05) is 35.9 Å². The van der Waals surface area contributed by atoms with E-state index in [0.717, 1.165) is 12.8 Å². The van der Waals surface area contributed by atoms with Crippen molar-refractivity contribution in [2.24, 2.45) is 16.3 Å². The first-order valence-corrected chi connectivity index (χ1v) is 16.2. The lowest BCUT2D eigenvalue weighted by molar-refractivity contribution is -0.0826. The molecule has 6 atom stereocenters. The van der Waals surface area contributed by atoms with E-state index in [1.165, 1.54) is 21.3 Å².